The van der Waals surface area contributed by atoms with Gasteiger partial charge in [-0.2, -0.15) is 0 Å². The van der Waals surface area contributed by atoms with Crippen LogP contribution in [0.5, 0.6) is 0 Å². The molecule has 0 unspecified atom stereocenters. The summed E-state index contributed by atoms with van der Waals surface area (Å²) in [6.07, 6.45) is 3.21. The first-order chi connectivity index (χ1) is 11.3. The van der Waals surface area contributed by atoms with E-state index in [1.54, 1.807) is 18.2 Å². The monoisotopic (exact) mass is 367 g/mol. The van der Waals surface area contributed by atoms with Crippen LogP contribution in [0.1, 0.15) is 21.6 Å². The lowest BCUT2D eigenvalue weighted by Gasteiger charge is -2.07. The Morgan fingerprint density at radius 2 is 2.04 bits per heavy atom. The van der Waals surface area contributed by atoms with Crippen molar-refractivity contribution in [2.24, 2.45) is 0 Å². The molecule has 0 saturated carbocycles. The maximum atomic E-state index is 12.2. The summed E-state index contributed by atoms with van der Waals surface area (Å²) in [6, 6.07) is 10.6. The van der Waals surface area contributed by atoms with Gasteiger partial charge in [0.15, 0.2) is 0 Å². The Kier molecular flexibility index (Phi) is 6.30. The van der Waals surface area contributed by atoms with Crippen molar-refractivity contribution < 1.29 is 13.2 Å². The van der Waals surface area contributed by atoms with Gasteiger partial charge in [0.1, 0.15) is 0 Å². The summed E-state index contributed by atoms with van der Waals surface area (Å²) in [7, 11) is -3.31. The molecule has 1 aromatic heterocycles. The number of aromatic nitrogens is 1. The number of amides is 1. The van der Waals surface area contributed by atoms with E-state index in [0.29, 0.717) is 29.2 Å². The van der Waals surface area contributed by atoms with Gasteiger partial charge in [-0.1, -0.05) is 23.7 Å². The summed E-state index contributed by atoms with van der Waals surface area (Å²) in [5, 5.41) is 3.48. The average Bonchev–Trinajstić information content (AvgIpc) is 2.52. The van der Waals surface area contributed by atoms with Gasteiger partial charge >= 0.3 is 0 Å². The van der Waals surface area contributed by atoms with Crippen LogP contribution in [0.15, 0.2) is 42.6 Å². The summed E-state index contributed by atoms with van der Waals surface area (Å²) in [5.74, 6) is -0.236. The number of nitrogens with one attached hydrogen (secondary N) is 2. The Morgan fingerprint density at radius 1 is 1.25 bits per heavy atom. The molecule has 0 aliphatic rings. The summed E-state index contributed by atoms with van der Waals surface area (Å²) >= 11 is 5.92. The number of hydrogen-bond acceptors (Lipinski definition) is 4. The number of pyridine rings is 1. The number of carbonyl (C=O) groups excluding carboxylic acids is 1. The second-order valence-electron chi connectivity index (χ2n) is 5.26. The van der Waals surface area contributed by atoms with Crippen LogP contribution >= 0.6 is 11.6 Å². The minimum Gasteiger partial charge on any atom is -0.352 e. The van der Waals surface area contributed by atoms with Crippen LogP contribution in [-0.2, 0) is 23.0 Å². The van der Waals surface area contributed by atoms with E-state index in [2.05, 4.69) is 15.0 Å². The van der Waals surface area contributed by atoms with Crippen LogP contribution in [-0.4, -0.2) is 32.1 Å². The van der Waals surface area contributed by atoms with Crippen molar-refractivity contribution in [3.8, 4) is 0 Å². The molecule has 2 rings (SSSR count). The molecule has 128 valence electrons. The Labute approximate surface area is 146 Å². The molecule has 0 aliphatic heterocycles. The lowest BCUT2D eigenvalue weighted by atomic mass is 10.1. The van der Waals surface area contributed by atoms with E-state index in [-0.39, 0.29) is 12.5 Å². The first-order valence-electron chi connectivity index (χ1n) is 7.26. The van der Waals surface area contributed by atoms with Gasteiger partial charge in [-0.05, 0) is 36.2 Å². The molecule has 0 atom stereocenters. The molecule has 8 heteroatoms. The summed E-state index contributed by atoms with van der Waals surface area (Å²) in [4.78, 5) is 16.2. The van der Waals surface area contributed by atoms with Crippen LogP contribution in [0, 0.1) is 0 Å². The standard InChI is InChI=1S/C16H18ClN3O3S/c1-24(22,23)20-11-15-10-13(6-8-18-15)16(21)19-7-5-12-3-2-4-14(17)9-12/h2-4,6,8-10,20H,5,7,11H2,1H3,(H,19,21). The van der Waals surface area contributed by atoms with Crippen molar-refractivity contribution in [1.29, 1.82) is 0 Å². The van der Waals surface area contributed by atoms with Crippen LogP contribution in [0.4, 0.5) is 0 Å². The van der Waals surface area contributed by atoms with E-state index < -0.39 is 10.0 Å². The Bertz CT molecular complexity index is 825. The number of benzene rings is 1. The van der Waals surface area contributed by atoms with Crippen molar-refractivity contribution in [2.45, 2.75) is 13.0 Å². The molecule has 2 N–H and O–H groups in total. The Hall–Kier alpha value is -1.96. The molecule has 0 spiro atoms. The van der Waals surface area contributed by atoms with Crippen molar-refractivity contribution >= 4 is 27.5 Å². The lowest BCUT2D eigenvalue weighted by Crippen LogP contribution is -2.26. The third-order valence-electron chi connectivity index (χ3n) is 3.18. The average molecular weight is 368 g/mol. The molecule has 0 bridgehead atoms. The molecule has 24 heavy (non-hydrogen) atoms. The predicted octanol–water partition coefficient (Wildman–Crippen LogP) is 1.76. The fourth-order valence-corrected chi connectivity index (χ4v) is 2.66. The highest BCUT2D eigenvalue weighted by Crippen LogP contribution is 2.10. The smallest absolute Gasteiger partial charge is 0.251 e. The maximum Gasteiger partial charge on any atom is 0.251 e. The minimum absolute atomic E-state index is 0.0441. The van der Waals surface area contributed by atoms with Gasteiger partial charge in [0, 0.05) is 23.3 Å². The number of sulfonamides is 1. The van der Waals surface area contributed by atoms with Gasteiger partial charge in [-0.25, -0.2) is 13.1 Å². The highest BCUT2D eigenvalue weighted by molar-refractivity contribution is 7.88. The van der Waals surface area contributed by atoms with Crippen LogP contribution < -0.4 is 10.0 Å². The van der Waals surface area contributed by atoms with E-state index in [1.165, 1.54) is 6.20 Å². The zero-order valence-electron chi connectivity index (χ0n) is 13.1. The number of carbonyl (C=O) groups is 1. The summed E-state index contributed by atoms with van der Waals surface area (Å²) in [5.41, 5.74) is 1.94. The quantitative estimate of drug-likeness (QED) is 0.780. The highest BCUT2D eigenvalue weighted by Gasteiger charge is 2.08. The second kappa shape index (κ2) is 8.23. The molecule has 0 radical (unpaired) electrons. The molecule has 2 aromatic rings. The summed E-state index contributed by atoms with van der Waals surface area (Å²) in [6.45, 7) is 0.515. The van der Waals surface area contributed by atoms with E-state index in [0.717, 1.165) is 11.8 Å². The normalized spacial score (nSPS) is 11.2. The topological polar surface area (TPSA) is 88.2 Å². The Balaban J connectivity index is 1.90. The largest absolute Gasteiger partial charge is 0.352 e. The first-order valence-corrected chi connectivity index (χ1v) is 9.52. The van der Waals surface area contributed by atoms with E-state index >= 15 is 0 Å². The Morgan fingerprint density at radius 3 is 2.75 bits per heavy atom. The number of hydrogen-bond donors (Lipinski definition) is 2. The van der Waals surface area contributed by atoms with Gasteiger partial charge in [-0.3, -0.25) is 9.78 Å². The van der Waals surface area contributed by atoms with Gasteiger partial charge in [0.05, 0.1) is 18.5 Å². The zero-order chi connectivity index (χ0) is 17.6. The second-order valence-corrected chi connectivity index (χ2v) is 7.53. The lowest BCUT2D eigenvalue weighted by molar-refractivity contribution is 0.0954. The van der Waals surface area contributed by atoms with Crippen molar-refractivity contribution in [1.82, 2.24) is 15.0 Å². The number of nitrogens with zero attached hydrogens (tertiary/aromatic N) is 1. The molecule has 1 aromatic carbocycles. The van der Waals surface area contributed by atoms with E-state index in [4.69, 9.17) is 11.6 Å². The molecular weight excluding hydrogens is 350 g/mol. The molecule has 0 aliphatic carbocycles. The van der Waals surface area contributed by atoms with Gasteiger partial charge < -0.3 is 5.32 Å². The fourth-order valence-electron chi connectivity index (χ4n) is 2.04. The zero-order valence-corrected chi connectivity index (χ0v) is 14.7. The van der Waals surface area contributed by atoms with Crippen LogP contribution in [0.2, 0.25) is 5.02 Å². The molecule has 0 saturated heterocycles. The molecule has 0 fully saturated rings. The van der Waals surface area contributed by atoms with Crippen molar-refractivity contribution in [3.05, 3.63) is 64.4 Å². The maximum absolute atomic E-state index is 12.2. The van der Waals surface area contributed by atoms with Gasteiger partial charge in [0.25, 0.3) is 5.91 Å². The predicted molar refractivity (Wildman–Crippen MR) is 93.4 cm³/mol. The molecular formula is C16H18ClN3O3S. The van der Waals surface area contributed by atoms with Crippen molar-refractivity contribution in [2.75, 3.05) is 12.8 Å². The third-order valence-corrected chi connectivity index (χ3v) is 4.09. The van der Waals surface area contributed by atoms with Crippen LogP contribution in [0.3, 0.4) is 0 Å². The highest BCUT2D eigenvalue weighted by atomic mass is 35.5. The van der Waals surface area contributed by atoms with E-state index in [1.807, 2.05) is 18.2 Å². The van der Waals surface area contributed by atoms with Gasteiger partial charge in [0.2, 0.25) is 10.0 Å². The number of halogens is 1. The number of rotatable bonds is 7. The summed E-state index contributed by atoms with van der Waals surface area (Å²) < 4.78 is 24.5. The first kappa shape index (κ1) is 18.4. The SMILES string of the molecule is CS(=O)(=O)NCc1cc(C(=O)NCCc2cccc(Cl)c2)ccn1. The third kappa shape index (κ3) is 6.27. The molecule has 1 heterocycles. The van der Waals surface area contributed by atoms with Gasteiger partial charge in [-0.15, -0.1) is 0 Å². The van der Waals surface area contributed by atoms with Crippen LogP contribution in [0.25, 0.3) is 0 Å². The van der Waals surface area contributed by atoms with Crippen molar-refractivity contribution in [3.63, 3.8) is 0 Å². The molecule has 1 amide bonds. The minimum atomic E-state index is -3.31. The fraction of sp³-hybridized carbons (Fsp3) is 0.250. The van der Waals surface area contributed by atoms with E-state index in [9.17, 15) is 13.2 Å². The molecule has 6 nitrogen and oxygen atoms in total.